The molecule has 1 aliphatic carbocycles. The summed E-state index contributed by atoms with van der Waals surface area (Å²) in [6.07, 6.45) is 3.62. The molecule has 0 saturated carbocycles. The Bertz CT molecular complexity index is 740. The van der Waals surface area contributed by atoms with Gasteiger partial charge >= 0.3 is 5.97 Å². The summed E-state index contributed by atoms with van der Waals surface area (Å²) < 4.78 is 5.34. The van der Waals surface area contributed by atoms with Gasteiger partial charge < -0.3 is 10.1 Å². The van der Waals surface area contributed by atoms with Gasteiger partial charge in [0, 0.05) is 11.4 Å². The monoisotopic (exact) mass is 357 g/mol. The van der Waals surface area contributed by atoms with Crippen LogP contribution in [0.4, 0.5) is 0 Å². The van der Waals surface area contributed by atoms with Crippen LogP contribution in [-0.2, 0) is 28.9 Å². The molecular weight excluding hydrogens is 334 g/mol. The molecule has 4 nitrogen and oxygen atoms in total. The number of hydrogen-bond acceptors (Lipinski definition) is 4. The smallest absolute Gasteiger partial charge is 0.349 e. The van der Waals surface area contributed by atoms with Crippen LogP contribution in [0.1, 0.15) is 51.0 Å². The van der Waals surface area contributed by atoms with Crippen LogP contribution in [0.25, 0.3) is 0 Å². The van der Waals surface area contributed by atoms with Crippen molar-refractivity contribution in [2.45, 2.75) is 52.2 Å². The number of amides is 1. The number of esters is 1. The molecule has 0 radical (unpaired) electrons. The van der Waals surface area contributed by atoms with E-state index in [0.717, 1.165) is 18.4 Å². The molecule has 1 atom stereocenters. The lowest BCUT2D eigenvalue weighted by atomic mass is 9.99. The molecule has 1 aromatic heterocycles. The first-order valence-corrected chi connectivity index (χ1v) is 9.50. The molecule has 25 heavy (non-hydrogen) atoms. The lowest BCUT2D eigenvalue weighted by Crippen LogP contribution is -2.35. The Kier molecular flexibility index (Phi) is 5.53. The Morgan fingerprint density at radius 3 is 2.64 bits per heavy atom. The second-order valence-electron chi connectivity index (χ2n) is 6.52. The van der Waals surface area contributed by atoms with Crippen LogP contribution < -0.4 is 5.32 Å². The van der Waals surface area contributed by atoms with E-state index in [9.17, 15) is 9.59 Å². The minimum atomic E-state index is -0.808. The molecule has 1 aliphatic rings. The summed E-state index contributed by atoms with van der Waals surface area (Å²) in [5.74, 6) is -0.687. The third-order valence-electron chi connectivity index (χ3n) is 4.44. The zero-order chi connectivity index (χ0) is 17.8. The van der Waals surface area contributed by atoms with Crippen LogP contribution >= 0.6 is 11.3 Å². The minimum Gasteiger partial charge on any atom is -0.448 e. The number of hydrogen-bond donors (Lipinski definition) is 1. The second-order valence-corrected chi connectivity index (χ2v) is 7.65. The highest BCUT2D eigenvalue weighted by molar-refractivity contribution is 7.14. The van der Waals surface area contributed by atoms with Crippen molar-refractivity contribution in [3.63, 3.8) is 0 Å². The molecule has 0 saturated heterocycles. The third-order valence-corrected chi connectivity index (χ3v) is 5.66. The molecule has 0 fully saturated rings. The highest BCUT2D eigenvalue weighted by Gasteiger charge is 2.22. The van der Waals surface area contributed by atoms with Crippen LogP contribution in [0.2, 0.25) is 0 Å². The summed E-state index contributed by atoms with van der Waals surface area (Å²) >= 11 is 1.50. The van der Waals surface area contributed by atoms with E-state index in [0.29, 0.717) is 11.4 Å². The van der Waals surface area contributed by atoms with E-state index in [1.54, 1.807) is 6.92 Å². The van der Waals surface area contributed by atoms with Crippen molar-refractivity contribution >= 4 is 23.2 Å². The molecule has 1 amide bonds. The Balaban J connectivity index is 1.52. The SMILES string of the molecule is Cc1ccc(CNC(=O)[C@@H](C)OC(=O)c2cc3c(s2)CCCC3)cc1. The van der Waals surface area contributed by atoms with Crippen LogP contribution in [-0.4, -0.2) is 18.0 Å². The lowest BCUT2D eigenvalue weighted by Gasteiger charge is -2.13. The molecule has 1 N–H and O–H groups in total. The summed E-state index contributed by atoms with van der Waals surface area (Å²) in [5, 5.41) is 2.81. The number of fused-ring (bicyclic) bond motifs is 1. The normalized spacial score (nSPS) is 14.5. The maximum atomic E-state index is 12.3. The first-order chi connectivity index (χ1) is 12.0. The van der Waals surface area contributed by atoms with Gasteiger partial charge in [-0.3, -0.25) is 4.79 Å². The van der Waals surface area contributed by atoms with Crippen molar-refractivity contribution in [2.75, 3.05) is 0 Å². The summed E-state index contributed by atoms with van der Waals surface area (Å²) in [6, 6.07) is 9.89. The first kappa shape index (κ1) is 17.7. The van der Waals surface area contributed by atoms with Crippen molar-refractivity contribution in [2.24, 2.45) is 0 Å². The lowest BCUT2D eigenvalue weighted by molar-refractivity contribution is -0.129. The molecular formula is C20H23NO3S. The largest absolute Gasteiger partial charge is 0.448 e. The van der Waals surface area contributed by atoms with Gasteiger partial charge in [-0.25, -0.2) is 4.79 Å². The maximum Gasteiger partial charge on any atom is 0.349 e. The van der Waals surface area contributed by atoms with Gasteiger partial charge in [0.15, 0.2) is 6.10 Å². The first-order valence-electron chi connectivity index (χ1n) is 8.69. The highest BCUT2D eigenvalue weighted by Crippen LogP contribution is 2.30. The van der Waals surface area contributed by atoms with Crippen LogP contribution in [0.15, 0.2) is 30.3 Å². The number of ether oxygens (including phenoxy) is 1. The van der Waals surface area contributed by atoms with E-state index in [2.05, 4.69) is 5.32 Å². The maximum absolute atomic E-state index is 12.3. The molecule has 0 bridgehead atoms. The van der Waals surface area contributed by atoms with Crippen molar-refractivity contribution in [1.82, 2.24) is 5.32 Å². The minimum absolute atomic E-state index is 0.282. The van der Waals surface area contributed by atoms with E-state index >= 15 is 0 Å². The third kappa shape index (κ3) is 4.48. The van der Waals surface area contributed by atoms with Gasteiger partial charge in [-0.15, -0.1) is 11.3 Å². The molecule has 0 spiro atoms. The standard InChI is InChI=1S/C20H23NO3S/c1-13-7-9-15(10-8-13)12-21-19(22)14(2)24-20(23)18-11-16-5-3-4-6-17(16)25-18/h7-11,14H,3-6,12H2,1-2H3,(H,21,22)/t14-/m1/s1. The summed E-state index contributed by atoms with van der Waals surface area (Å²) in [7, 11) is 0. The van der Waals surface area contributed by atoms with Crippen LogP contribution in [0.5, 0.6) is 0 Å². The van der Waals surface area contributed by atoms with Crippen molar-refractivity contribution in [3.05, 3.63) is 56.8 Å². The van der Waals surface area contributed by atoms with Gasteiger partial charge in [-0.05, 0) is 56.7 Å². The van der Waals surface area contributed by atoms with Crippen LogP contribution in [0.3, 0.4) is 0 Å². The number of carbonyl (C=O) groups excluding carboxylic acids is 2. The van der Waals surface area contributed by atoms with Crippen LogP contribution in [0, 0.1) is 6.92 Å². The van der Waals surface area contributed by atoms with E-state index in [1.165, 1.54) is 40.2 Å². The topological polar surface area (TPSA) is 55.4 Å². The Morgan fingerprint density at radius 2 is 1.92 bits per heavy atom. The van der Waals surface area contributed by atoms with Gasteiger partial charge in [-0.2, -0.15) is 0 Å². The number of aryl methyl sites for hydroxylation is 3. The summed E-state index contributed by atoms with van der Waals surface area (Å²) in [4.78, 5) is 26.3. The van der Waals surface area contributed by atoms with E-state index in [1.807, 2.05) is 37.3 Å². The zero-order valence-corrected chi connectivity index (χ0v) is 15.4. The van der Waals surface area contributed by atoms with E-state index in [4.69, 9.17) is 4.74 Å². The average molecular weight is 357 g/mol. The Labute approximate surface area is 152 Å². The number of rotatable bonds is 5. The van der Waals surface area contributed by atoms with Crippen molar-refractivity contribution < 1.29 is 14.3 Å². The van der Waals surface area contributed by atoms with Gasteiger partial charge in [0.25, 0.3) is 5.91 Å². The van der Waals surface area contributed by atoms with Crippen molar-refractivity contribution in [3.8, 4) is 0 Å². The second kappa shape index (κ2) is 7.83. The Hall–Kier alpha value is -2.14. The van der Waals surface area contributed by atoms with Gasteiger partial charge in [-0.1, -0.05) is 29.8 Å². The fourth-order valence-corrected chi connectivity index (χ4v) is 4.04. The molecule has 5 heteroatoms. The van der Waals surface area contributed by atoms with Gasteiger partial charge in [0.1, 0.15) is 4.88 Å². The number of benzene rings is 1. The summed E-state index contributed by atoms with van der Waals surface area (Å²) in [6.45, 7) is 4.05. The molecule has 132 valence electrons. The molecule has 0 aliphatic heterocycles. The van der Waals surface area contributed by atoms with E-state index in [-0.39, 0.29) is 5.91 Å². The van der Waals surface area contributed by atoms with E-state index < -0.39 is 12.1 Å². The summed E-state index contributed by atoms with van der Waals surface area (Å²) in [5.41, 5.74) is 3.46. The molecule has 2 aromatic rings. The fraction of sp³-hybridized carbons (Fsp3) is 0.400. The fourth-order valence-electron chi connectivity index (χ4n) is 2.90. The molecule has 1 heterocycles. The molecule has 0 unspecified atom stereocenters. The predicted molar refractivity (Wildman–Crippen MR) is 98.9 cm³/mol. The number of nitrogens with one attached hydrogen (secondary N) is 1. The number of carbonyl (C=O) groups is 2. The Morgan fingerprint density at radius 1 is 1.20 bits per heavy atom. The zero-order valence-electron chi connectivity index (χ0n) is 14.6. The van der Waals surface area contributed by atoms with Gasteiger partial charge in [0.2, 0.25) is 0 Å². The quantitative estimate of drug-likeness (QED) is 0.828. The molecule has 3 rings (SSSR count). The predicted octanol–water partition coefficient (Wildman–Crippen LogP) is 3.80. The average Bonchev–Trinajstić information content (AvgIpc) is 3.05. The highest BCUT2D eigenvalue weighted by atomic mass is 32.1. The van der Waals surface area contributed by atoms with Crippen molar-refractivity contribution in [1.29, 1.82) is 0 Å². The van der Waals surface area contributed by atoms with Gasteiger partial charge in [0.05, 0.1) is 0 Å². The molecule has 1 aromatic carbocycles. The number of thiophene rings is 1.